The van der Waals surface area contributed by atoms with E-state index in [1.807, 2.05) is 6.08 Å². The number of hydrogen-bond acceptors (Lipinski definition) is 11. The van der Waals surface area contributed by atoms with Crippen LogP contribution in [0.1, 0.15) is 241 Å². The van der Waals surface area contributed by atoms with Gasteiger partial charge in [-0.15, -0.1) is 0 Å². The molecule has 0 saturated heterocycles. The van der Waals surface area contributed by atoms with Crippen molar-refractivity contribution < 1.29 is 42.9 Å². The quantitative estimate of drug-likeness (QED) is 0.0250. The average Bonchev–Trinajstić information content (AvgIpc) is 3.38. The number of esters is 4. The fourth-order valence-corrected chi connectivity index (χ4v) is 9.06. The van der Waals surface area contributed by atoms with Gasteiger partial charge in [-0.25, -0.2) is 0 Å². The van der Waals surface area contributed by atoms with E-state index in [2.05, 4.69) is 76.8 Å². The molecule has 0 aromatic heterocycles. The highest BCUT2D eigenvalue weighted by molar-refractivity contribution is 8.13. The number of nitrogens with zero attached hydrogens (tertiary/aromatic N) is 2. The summed E-state index contributed by atoms with van der Waals surface area (Å²) in [5, 5.41) is -0.117. The fraction of sp³-hybridized carbons (Fsp3) is 0.817. The van der Waals surface area contributed by atoms with Gasteiger partial charge in [-0.05, 0) is 110 Å². The maximum atomic E-state index is 13.8. The predicted molar refractivity (Wildman–Crippen MR) is 301 cm³/mol. The van der Waals surface area contributed by atoms with Crippen molar-refractivity contribution in [3.8, 4) is 0 Å². The molecule has 0 spiro atoms. The van der Waals surface area contributed by atoms with Crippen LogP contribution in [-0.4, -0.2) is 104 Å². The summed E-state index contributed by atoms with van der Waals surface area (Å²) in [6.07, 6.45) is 42.0. The first-order valence-electron chi connectivity index (χ1n) is 29.4. The van der Waals surface area contributed by atoms with Crippen LogP contribution in [0.25, 0.3) is 0 Å². The summed E-state index contributed by atoms with van der Waals surface area (Å²) in [6.45, 7) is 16.8. The molecule has 0 aromatic rings. The lowest BCUT2D eigenvalue weighted by Gasteiger charge is -2.27. The minimum atomic E-state index is -0.463. The first-order chi connectivity index (χ1) is 35.1. The monoisotopic (exact) mass is 1030 g/mol. The van der Waals surface area contributed by atoms with Crippen LogP contribution in [0.15, 0.2) is 36.5 Å². The molecule has 2 atom stereocenters. The summed E-state index contributed by atoms with van der Waals surface area (Å²) in [5.74, 6) is -1.02. The Kier molecular flexibility index (Phi) is 50.4. The SMILES string of the molecule is CCCCC/C=C\C/C=C\CCCCCCCC(=O)OCC(COC(=O)CCCCOC(=O)C(CCCC)CCCCCC)CN(CCCC(=O)OC/C=C\CCCCCC)C(=O)SCCCN(CC)CC. The van der Waals surface area contributed by atoms with Crippen molar-refractivity contribution in [2.24, 2.45) is 11.8 Å². The Morgan fingerprint density at radius 1 is 0.472 bits per heavy atom. The van der Waals surface area contributed by atoms with Crippen LogP contribution in [0.5, 0.6) is 0 Å². The van der Waals surface area contributed by atoms with Crippen LogP contribution in [0, 0.1) is 11.8 Å². The van der Waals surface area contributed by atoms with Gasteiger partial charge in [0.2, 0.25) is 0 Å². The van der Waals surface area contributed by atoms with E-state index in [1.165, 1.54) is 63.1 Å². The van der Waals surface area contributed by atoms with E-state index in [4.69, 9.17) is 18.9 Å². The van der Waals surface area contributed by atoms with Crippen molar-refractivity contribution in [2.45, 2.75) is 241 Å². The third-order valence-electron chi connectivity index (χ3n) is 13.0. The Labute approximate surface area is 445 Å². The van der Waals surface area contributed by atoms with E-state index in [0.29, 0.717) is 38.0 Å². The van der Waals surface area contributed by atoms with Gasteiger partial charge in [0.15, 0.2) is 0 Å². The second-order valence-electron chi connectivity index (χ2n) is 19.6. The van der Waals surface area contributed by atoms with E-state index in [0.717, 1.165) is 129 Å². The summed E-state index contributed by atoms with van der Waals surface area (Å²) < 4.78 is 22.7. The van der Waals surface area contributed by atoms with Crippen molar-refractivity contribution in [2.75, 3.05) is 64.9 Å². The Balaban J connectivity index is 5.51. The molecule has 0 radical (unpaired) electrons. The molecule has 11 nitrogen and oxygen atoms in total. The highest BCUT2D eigenvalue weighted by atomic mass is 32.2. The number of ether oxygens (including phenoxy) is 4. The predicted octanol–water partition coefficient (Wildman–Crippen LogP) is 15.7. The van der Waals surface area contributed by atoms with Gasteiger partial charge >= 0.3 is 23.9 Å². The normalized spacial score (nSPS) is 12.5. The highest BCUT2D eigenvalue weighted by Gasteiger charge is 2.24. The van der Waals surface area contributed by atoms with Gasteiger partial charge < -0.3 is 28.7 Å². The van der Waals surface area contributed by atoms with E-state index >= 15 is 0 Å². The summed E-state index contributed by atoms with van der Waals surface area (Å²) in [5.41, 5.74) is 0. The molecule has 0 aliphatic heterocycles. The van der Waals surface area contributed by atoms with Crippen molar-refractivity contribution in [1.29, 1.82) is 0 Å². The minimum absolute atomic E-state index is 0.00317. The van der Waals surface area contributed by atoms with Crippen LogP contribution in [-0.2, 0) is 38.1 Å². The topological polar surface area (TPSA) is 129 Å². The van der Waals surface area contributed by atoms with Crippen LogP contribution in [0.3, 0.4) is 0 Å². The summed E-state index contributed by atoms with van der Waals surface area (Å²) in [6, 6.07) is 0. The van der Waals surface area contributed by atoms with Crippen LogP contribution >= 0.6 is 11.8 Å². The standard InChI is InChI=1S/C60H108N2O9S/c1-7-13-17-20-22-23-24-25-26-27-28-29-30-32-35-43-57(64)70-52-54(53-71-58(65)44-36-38-49-69-59(66)55(41-16-10-4)42-34-19-15-9-3)51-62(60(67)72-50-40-46-61(11-5)12-6)47-39-45-56(63)68-48-37-33-31-21-18-14-8-2/h22-23,25-26,33,37,54-55H,7-21,24,27-32,34-36,38-53H2,1-6H3/b23-22-,26-25-,37-33-. The van der Waals surface area contributed by atoms with Gasteiger partial charge in [0.05, 0.1) is 25.7 Å². The number of hydrogen-bond donors (Lipinski definition) is 0. The Morgan fingerprint density at radius 2 is 0.972 bits per heavy atom. The van der Waals surface area contributed by atoms with Crippen molar-refractivity contribution >= 4 is 40.9 Å². The molecule has 12 heteroatoms. The maximum absolute atomic E-state index is 13.8. The first-order valence-corrected chi connectivity index (χ1v) is 30.4. The van der Waals surface area contributed by atoms with Gasteiger partial charge in [-0.3, -0.25) is 24.0 Å². The van der Waals surface area contributed by atoms with Gasteiger partial charge in [0.25, 0.3) is 5.24 Å². The average molecular weight is 1030 g/mol. The Bertz CT molecular complexity index is 1400. The van der Waals surface area contributed by atoms with Gasteiger partial charge in [0.1, 0.15) is 6.61 Å². The number of amides is 1. The minimum Gasteiger partial charge on any atom is -0.465 e. The molecule has 0 rings (SSSR count). The third kappa shape index (κ3) is 44.4. The molecule has 418 valence electrons. The van der Waals surface area contributed by atoms with Crippen molar-refractivity contribution in [1.82, 2.24) is 9.80 Å². The molecule has 0 heterocycles. The fourth-order valence-electron chi connectivity index (χ4n) is 8.26. The number of carbonyl (C=O) groups excluding carboxylic acids is 5. The lowest BCUT2D eigenvalue weighted by molar-refractivity contribution is -0.149. The molecule has 0 saturated carbocycles. The van der Waals surface area contributed by atoms with E-state index in [-0.39, 0.29) is 80.8 Å². The molecule has 0 bridgehead atoms. The molecular weight excluding hydrogens is 925 g/mol. The zero-order valence-corrected chi connectivity index (χ0v) is 47.9. The van der Waals surface area contributed by atoms with E-state index < -0.39 is 5.92 Å². The molecule has 0 N–H and O–H groups in total. The summed E-state index contributed by atoms with van der Waals surface area (Å²) >= 11 is 1.26. The number of unbranched alkanes of at least 4 members (excludes halogenated alkanes) is 17. The largest absolute Gasteiger partial charge is 0.465 e. The molecule has 0 fully saturated rings. The molecule has 0 aliphatic rings. The molecule has 2 unspecified atom stereocenters. The third-order valence-corrected chi connectivity index (χ3v) is 14.0. The Hall–Kier alpha value is -3.12. The van der Waals surface area contributed by atoms with E-state index in [9.17, 15) is 24.0 Å². The second kappa shape index (κ2) is 52.7. The molecule has 1 amide bonds. The molecular formula is C60H108N2O9S. The van der Waals surface area contributed by atoms with Gasteiger partial charge in [-0.2, -0.15) is 0 Å². The molecule has 72 heavy (non-hydrogen) atoms. The number of rotatable bonds is 51. The van der Waals surface area contributed by atoms with Crippen LogP contribution in [0.2, 0.25) is 0 Å². The van der Waals surface area contributed by atoms with Crippen LogP contribution < -0.4 is 0 Å². The highest BCUT2D eigenvalue weighted by Crippen LogP contribution is 2.20. The van der Waals surface area contributed by atoms with Crippen molar-refractivity contribution in [3.05, 3.63) is 36.5 Å². The number of allylic oxidation sites excluding steroid dienone is 5. The number of carbonyl (C=O) groups is 5. The zero-order chi connectivity index (χ0) is 53.0. The molecule has 0 aliphatic carbocycles. The van der Waals surface area contributed by atoms with Gasteiger partial charge in [-0.1, -0.05) is 180 Å². The summed E-state index contributed by atoms with van der Waals surface area (Å²) in [4.78, 5) is 69.6. The molecule has 0 aromatic carbocycles. The lowest BCUT2D eigenvalue weighted by atomic mass is 9.95. The smallest absolute Gasteiger partial charge is 0.308 e. The van der Waals surface area contributed by atoms with Crippen molar-refractivity contribution in [3.63, 3.8) is 0 Å². The Morgan fingerprint density at radius 3 is 1.60 bits per heavy atom. The van der Waals surface area contributed by atoms with Gasteiger partial charge in [0, 0.05) is 44.0 Å². The second-order valence-corrected chi connectivity index (χ2v) is 20.6. The van der Waals surface area contributed by atoms with E-state index in [1.54, 1.807) is 4.90 Å². The maximum Gasteiger partial charge on any atom is 0.308 e. The first kappa shape index (κ1) is 68.9. The summed E-state index contributed by atoms with van der Waals surface area (Å²) in [7, 11) is 0. The zero-order valence-electron chi connectivity index (χ0n) is 47.1. The lowest BCUT2D eigenvalue weighted by Crippen LogP contribution is -2.38. The van der Waals surface area contributed by atoms with Crippen LogP contribution in [0.4, 0.5) is 4.79 Å². The number of thioether (sulfide) groups is 1.